The Morgan fingerprint density at radius 3 is 2.42 bits per heavy atom. The SMILES string of the molecule is [2H]C[C@@H]1CCC[C@H](CC)N1C(=O)C[C@@H](CC(C)(C)C)C(=O)NC(Cc1cn(C(=O)OC)c2ccccc12)C(=O)N[C@@H]([C-]=O)CCCC.[Na+].[OH-]. The minimum atomic E-state index is -1.10. The molecule has 11 nitrogen and oxygen atoms in total. The second kappa shape index (κ2) is 20.1. The summed E-state index contributed by atoms with van der Waals surface area (Å²) in [5, 5.41) is 6.40. The molecule has 12 heteroatoms. The zero-order valence-electron chi connectivity index (χ0n) is 30.8. The molecule has 48 heavy (non-hydrogen) atoms. The molecule has 1 fully saturated rings. The summed E-state index contributed by atoms with van der Waals surface area (Å²) in [5.41, 5.74) is 0.925. The topological polar surface area (TPSA) is 157 Å². The molecule has 2 heterocycles. The number of nitrogens with one attached hydrogen (secondary N) is 2. The number of aromatic nitrogens is 1. The van der Waals surface area contributed by atoms with Crippen LogP contribution in [-0.4, -0.2) is 76.3 Å². The van der Waals surface area contributed by atoms with Gasteiger partial charge in [-0.05, 0) is 56.0 Å². The molecule has 1 aromatic carbocycles. The van der Waals surface area contributed by atoms with Crippen molar-refractivity contribution >= 4 is 41.0 Å². The molecule has 3 amide bonds. The van der Waals surface area contributed by atoms with E-state index in [4.69, 9.17) is 6.11 Å². The Kier molecular flexibility index (Phi) is 17.3. The minimum Gasteiger partial charge on any atom is -0.870 e. The number of carbonyl (C=O) groups excluding carboxylic acids is 5. The zero-order chi connectivity index (χ0) is 34.7. The average Bonchev–Trinajstić information content (AvgIpc) is 3.42. The summed E-state index contributed by atoms with van der Waals surface area (Å²) in [4.78, 5) is 67.9. The van der Waals surface area contributed by atoms with E-state index in [1.54, 1.807) is 18.3 Å². The molecule has 0 aliphatic carbocycles. The number of hydrogen-bond donors (Lipinski definition) is 2. The number of ether oxygens (including phenoxy) is 1. The zero-order valence-corrected chi connectivity index (χ0v) is 31.8. The molecular weight excluding hydrogens is 623 g/mol. The maximum absolute atomic E-state index is 14.1. The van der Waals surface area contributed by atoms with Crippen LogP contribution in [0, 0.1) is 11.3 Å². The van der Waals surface area contributed by atoms with E-state index in [0.29, 0.717) is 35.7 Å². The summed E-state index contributed by atoms with van der Waals surface area (Å²) >= 11 is 0. The summed E-state index contributed by atoms with van der Waals surface area (Å²) in [6.07, 6.45) is 8.69. The quantitative estimate of drug-likeness (QED) is 0.230. The second-order valence-corrected chi connectivity index (χ2v) is 13.7. The monoisotopic (exact) mass is 678 g/mol. The number of rotatable bonds is 14. The molecule has 1 aromatic heterocycles. The van der Waals surface area contributed by atoms with E-state index in [9.17, 15) is 24.0 Å². The smallest absolute Gasteiger partial charge is 0.870 e. The van der Waals surface area contributed by atoms with Crippen LogP contribution in [0.15, 0.2) is 30.5 Å². The van der Waals surface area contributed by atoms with E-state index in [-0.39, 0.29) is 78.2 Å². The van der Waals surface area contributed by atoms with Crippen LogP contribution in [0.5, 0.6) is 0 Å². The number of benzene rings is 1. The van der Waals surface area contributed by atoms with Crippen LogP contribution in [0.4, 0.5) is 4.79 Å². The van der Waals surface area contributed by atoms with Crippen molar-refractivity contribution in [3.63, 3.8) is 0 Å². The number of para-hydroxylation sites is 1. The number of amides is 3. The number of nitrogens with zero attached hydrogens (tertiary/aromatic N) is 2. The van der Waals surface area contributed by atoms with Gasteiger partial charge in [0.15, 0.2) is 0 Å². The molecule has 0 radical (unpaired) electrons. The van der Waals surface area contributed by atoms with Crippen molar-refractivity contribution in [3.8, 4) is 0 Å². The number of unbranched alkanes of at least 4 members (excludes halogenated alkanes) is 1. The number of fused-ring (bicyclic) bond motifs is 1. The molecule has 0 spiro atoms. The number of piperidine rings is 1. The van der Waals surface area contributed by atoms with Crippen LogP contribution >= 0.6 is 0 Å². The number of methoxy groups -OCH3 is 1. The van der Waals surface area contributed by atoms with Gasteiger partial charge in [0, 0.05) is 43.8 Å². The summed E-state index contributed by atoms with van der Waals surface area (Å²) in [6, 6.07) is 5.14. The summed E-state index contributed by atoms with van der Waals surface area (Å²) < 4.78 is 14.4. The van der Waals surface area contributed by atoms with Crippen LogP contribution in [0.25, 0.3) is 10.9 Å². The van der Waals surface area contributed by atoms with Gasteiger partial charge in [0.1, 0.15) is 6.04 Å². The standard InChI is InChI=1S/C36H53N4O6.Na.H2O/c1-8-10-15-27(23-41)37-34(44)30(19-26-22-39(35(45)46-7)31-18-12-11-17-29(26)31)38-33(43)25(21-36(4,5)6)20-32(42)40-24(3)14-13-16-28(40)9-2;;/h11-12,17-18,22,24-25,27-28,30H,8-10,13-16,19-21H2,1-7H3,(H,37,44)(H,38,43);;1H2/q-1;+1;/p-1/t24-,25+,27-,28+,30?;;/m1../s1/i3D;;. The maximum atomic E-state index is 14.1. The van der Waals surface area contributed by atoms with E-state index in [2.05, 4.69) is 10.6 Å². The van der Waals surface area contributed by atoms with Gasteiger partial charge in [-0.1, -0.05) is 78.1 Å². The molecule has 0 saturated carbocycles. The van der Waals surface area contributed by atoms with Gasteiger partial charge < -0.3 is 30.5 Å². The van der Waals surface area contributed by atoms with Crippen LogP contribution in [-0.2, 0) is 30.3 Å². The summed E-state index contributed by atoms with van der Waals surface area (Å²) in [6.45, 7) is 10.2. The van der Waals surface area contributed by atoms with Crippen molar-refractivity contribution in [3.05, 3.63) is 36.0 Å². The molecule has 262 valence electrons. The van der Waals surface area contributed by atoms with Crippen LogP contribution in [0.3, 0.4) is 0 Å². The predicted octanol–water partition coefficient (Wildman–Crippen LogP) is 2.52. The molecule has 1 saturated heterocycles. The largest absolute Gasteiger partial charge is 1.00 e. The summed E-state index contributed by atoms with van der Waals surface area (Å²) in [5.74, 6) is -1.85. The summed E-state index contributed by atoms with van der Waals surface area (Å²) in [7, 11) is 1.29. The van der Waals surface area contributed by atoms with Gasteiger partial charge in [-0.2, -0.15) is 0 Å². The first kappa shape index (κ1) is 41.4. The third kappa shape index (κ3) is 11.7. The van der Waals surface area contributed by atoms with Gasteiger partial charge in [-0.25, -0.2) is 11.1 Å². The van der Waals surface area contributed by atoms with Gasteiger partial charge in [0.05, 0.1) is 12.6 Å². The second-order valence-electron chi connectivity index (χ2n) is 13.7. The Morgan fingerprint density at radius 2 is 1.81 bits per heavy atom. The van der Waals surface area contributed by atoms with E-state index in [0.717, 1.165) is 32.1 Å². The van der Waals surface area contributed by atoms with Crippen LogP contribution < -0.4 is 40.2 Å². The fourth-order valence-electron chi connectivity index (χ4n) is 6.51. The predicted molar refractivity (Wildman–Crippen MR) is 181 cm³/mol. The Balaban J connectivity index is 0.00000600. The fraction of sp³-hybridized carbons (Fsp3) is 0.639. The molecule has 2 aromatic rings. The first-order valence-corrected chi connectivity index (χ1v) is 16.6. The first-order valence-electron chi connectivity index (χ1n) is 17.3. The molecule has 1 unspecified atom stereocenters. The molecular formula is C36H54N4NaO7-. The molecule has 3 rings (SSSR count). The van der Waals surface area contributed by atoms with Gasteiger partial charge in [-0.3, -0.25) is 19.0 Å². The Morgan fingerprint density at radius 1 is 1.10 bits per heavy atom. The normalized spacial score (nSPS) is 18.3. The van der Waals surface area contributed by atoms with E-state index in [1.807, 2.05) is 57.9 Å². The van der Waals surface area contributed by atoms with Gasteiger partial charge in [0.2, 0.25) is 17.7 Å². The Hall–Kier alpha value is -2.73. The Bertz CT molecular complexity index is 1380. The van der Waals surface area contributed by atoms with E-state index < -0.39 is 35.9 Å². The van der Waals surface area contributed by atoms with Crippen molar-refractivity contribution < 1.29 is 65.1 Å². The Labute approximate surface area is 309 Å². The number of likely N-dealkylation sites (tertiary alicyclic amines) is 1. The van der Waals surface area contributed by atoms with Gasteiger partial charge in [-0.15, -0.1) is 0 Å². The molecule has 3 N–H and O–H groups in total. The van der Waals surface area contributed by atoms with Crippen molar-refractivity contribution in [2.75, 3.05) is 7.11 Å². The van der Waals surface area contributed by atoms with Crippen LogP contribution in [0.1, 0.15) is 106 Å². The van der Waals surface area contributed by atoms with Crippen molar-refractivity contribution in [2.45, 2.75) is 130 Å². The average molecular weight is 679 g/mol. The van der Waals surface area contributed by atoms with E-state index >= 15 is 0 Å². The van der Waals surface area contributed by atoms with Crippen LogP contribution in [0.2, 0.25) is 0 Å². The van der Waals surface area contributed by atoms with Crippen molar-refractivity contribution in [1.82, 2.24) is 20.1 Å². The fourth-order valence-corrected chi connectivity index (χ4v) is 6.51. The third-order valence-electron chi connectivity index (χ3n) is 8.80. The molecule has 0 bridgehead atoms. The maximum Gasteiger partial charge on any atom is 1.00 e. The number of carbonyl (C=O) groups is 4. The van der Waals surface area contributed by atoms with Crippen molar-refractivity contribution in [2.24, 2.45) is 11.3 Å². The molecule has 5 atom stereocenters. The van der Waals surface area contributed by atoms with Gasteiger partial charge >= 0.3 is 35.7 Å². The van der Waals surface area contributed by atoms with Gasteiger partial charge in [0.25, 0.3) is 0 Å². The first-order chi connectivity index (χ1) is 22.4. The van der Waals surface area contributed by atoms with Crippen molar-refractivity contribution in [1.29, 1.82) is 0 Å². The van der Waals surface area contributed by atoms with E-state index in [1.165, 1.54) is 11.7 Å². The third-order valence-corrected chi connectivity index (χ3v) is 8.80. The minimum absolute atomic E-state index is 0. The number of hydrogen-bond acceptors (Lipinski definition) is 7. The molecule has 1 aliphatic heterocycles. The molecule has 1 aliphatic rings.